The van der Waals surface area contributed by atoms with Gasteiger partial charge in [0.15, 0.2) is 6.61 Å². The highest BCUT2D eigenvalue weighted by Gasteiger charge is 2.07. The van der Waals surface area contributed by atoms with Crippen LogP contribution in [0.5, 0.6) is 5.75 Å². The zero-order valence-electron chi connectivity index (χ0n) is 14.6. The van der Waals surface area contributed by atoms with Crippen LogP contribution in [0.2, 0.25) is 0 Å². The van der Waals surface area contributed by atoms with Crippen molar-refractivity contribution in [3.05, 3.63) is 65.4 Å². The lowest BCUT2D eigenvalue weighted by Crippen LogP contribution is -2.25. The molecule has 0 fully saturated rings. The minimum Gasteiger partial charge on any atom is -0.483 e. The summed E-state index contributed by atoms with van der Waals surface area (Å²) in [6.45, 7) is 3.84. The molecule has 1 heterocycles. The van der Waals surface area contributed by atoms with E-state index in [1.165, 1.54) is 0 Å². The summed E-state index contributed by atoms with van der Waals surface area (Å²) in [5, 5.41) is 5.14. The second-order valence-electron chi connectivity index (χ2n) is 6.02. The van der Waals surface area contributed by atoms with Crippen LogP contribution in [0.1, 0.15) is 16.7 Å². The molecule has 5 nitrogen and oxygen atoms in total. The van der Waals surface area contributed by atoms with Crippen LogP contribution in [-0.4, -0.2) is 23.3 Å². The van der Waals surface area contributed by atoms with Crippen molar-refractivity contribution >= 4 is 23.0 Å². The molecular formula is C20H21N3O2. The maximum Gasteiger partial charge on any atom is 0.277 e. The second kappa shape index (κ2) is 7.21. The van der Waals surface area contributed by atoms with Gasteiger partial charge in [-0.1, -0.05) is 36.4 Å². The number of hydrazone groups is 1. The molecular weight excluding hydrogens is 314 g/mol. The quantitative estimate of drug-likeness (QED) is 0.574. The molecule has 128 valence electrons. The molecule has 0 atom stereocenters. The number of ether oxygens (including phenoxy) is 1. The molecule has 5 heteroatoms. The molecule has 0 unspecified atom stereocenters. The lowest BCUT2D eigenvalue weighted by atomic mass is 10.1. The number of aryl methyl sites for hydroxylation is 3. The first kappa shape index (κ1) is 16.8. The van der Waals surface area contributed by atoms with Crippen LogP contribution < -0.4 is 10.2 Å². The molecule has 0 bridgehead atoms. The molecule has 1 aromatic heterocycles. The van der Waals surface area contributed by atoms with Crippen molar-refractivity contribution in [3.8, 4) is 5.75 Å². The Morgan fingerprint density at radius 1 is 1.16 bits per heavy atom. The first-order chi connectivity index (χ1) is 12.1. The number of carbonyl (C=O) groups is 1. The lowest BCUT2D eigenvalue weighted by molar-refractivity contribution is -0.123. The van der Waals surface area contributed by atoms with E-state index < -0.39 is 0 Å². The molecule has 0 aliphatic carbocycles. The van der Waals surface area contributed by atoms with Crippen LogP contribution in [0.25, 0.3) is 10.9 Å². The van der Waals surface area contributed by atoms with Crippen LogP contribution in [-0.2, 0) is 11.8 Å². The highest BCUT2D eigenvalue weighted by atomic mass is 16.5. The fourth-order valence-electron chi connectivity index (χ4n) is 2.85. The van der Waals surface area contributed by atoms with Gasteiger partial charge in [0.1, 0.15) is 5.75 Å². The summed E-state index contributed by atoms with van der Waals surface area (Å²) in [4.78, 5) is 11.9. The van der Waals surface area contributed by atoms with Crippen molar-refractivity contribution < 1.29 is 9.53 Å². The zero-order valence-corrected chi connectivity index (χ0v) is 14.6. The average Bonchev–Trinajstić information content (AvgIpc) is 2.91. The van der Waals surface area contributed by atoms with Crippen molar-refractivity contribution in [3.63, 3.8) is 0 Å². The lowest BCUT2D eigenvalue weighted by Gasteiger charge is -2.10. The molecule has 0 aliphatic rings. The Hall–Kier alpha value is -3.08. The summed E-state index contributed by atoms with van der Waals surface area (Å²) in [5.41, 5.74) is 6.60. The highest BCUT2D eigenvalue weighted by Crippen LogP contribution is 2.22. The van der Waals surface area contributed by atoms with Gasteiger partial charge in [0.2, 0.25) is 0 Å². The van der Waals surface area contributed by atoms with Crippen molar-refractivity contribution in [2.24, 2.45) is 12.1 Å². The van der Waals surface area contributed by atoms with Gasteiger partial charge in [-0.3, -0.25) is 4.79 Å². The van der Waals surface area contributed by atoms with E-state index in [2.05, 4.69) is 10.5 Å². The van der Waals surface area contributed by atoms with E-state index in [1.54, 1.807) is 6.21 Å². The Kier molecular flexibility index (Phi) is 4.84. The fraction of sp³-hybridized carbons (Fsp3) is 0.200. The van der Waals surface area contributed by atoms with Gasteiger partial charge in [0.25, 0.3) is 5.91 Å². The summed E-state index contributed by atoms with van der Waals surface area (Å²) in [5.74, 6) is 0.454. The summed E-state index contributed by atoms with van der Waals surface area (Å²) < 4.78 is 7.65. The molecule has 1 N–H and O–H groups in total. The predicted octanol–water partition coefficient (Wildman–Crippen LogP) is 3.32. The number of carbonyl (C=O) groups excluding carboxylic acids is 1. The van der Waals surface area contributed by atoms with Crippen molar-refractivity contribution in [2.45, 2.75) is 13.8 Å². The average molecular weight is 335 g/mol. The third kappa shape index (κ3) is 3.71. The SMILES string of the molecule is Cc1cccc(C)c1OCC(=O)N/N=C\c1cn(C)c2ccccc12. The van der Waals surface area contributed by atoms with E-state index in [0.29, 0.717) is 0 Å². The fourth-order valence-corrected chi connectivity index (χ4v) is 2.85. The van der Waals surface area contributed by atoms with Gasteiger partial charge >= 0.3 is 0 Å². The maximum absolute atomic E-state index is 11.9. The molecule has 0 spiro atoms. The van der Waals surface area contributed by atoms with E-state index in [0.717, 1.165) is 33.3 Å². The van der Waals surface area contributed by atoms with E-state index in [-0.39, 0.29) is 12.5 Å². The molecule has 1 amide bonds. The number of para-hydroxylation sites is 2. The van der Waals surface area contributed by atoms with Crippen molar-refractivity contribution in [1.82, 2.24) is 9.99 Å². The molecule has 2 aromatic carbocycles. The molecule has 3 rings (SSSR count). The summed E-state index contributed by atoms with van der Waals surface area (Å²) in [6.07, 6.45) is 3.63. The monoisotopic (exact) mass is 335 g/mol. The first-order valence-corrected chi connectivity index (χ1v) is 8.11. The highest BCUT2D eigenvalue weighted by molar-refractivity contribution is 5.99. The normalized spacial score (nSPS) is 11.2. The molecule has 0 radical (unpaired) electrons. The smallest absolute Gasteiger partial charge is 0.277 e. The first-order valence-electron chi connectivity index (χ1n) is 8.11. The van der Waals surface area contributed by atoms with Crippen LogP contribution in [0.3, 0.4) is 0 Å². The summed E-state index contributed by atoms with van der Waals surface area (Å²) in [7, 11) is 1.98. The molecule has 0 saturated carbocycles. The summed E-state index contributed by atoms with van der Waals surface area (Å²) >= 11 is 0. The van der Waals surface area contributed by atoms with Gasteiger partial charge < -0.3 is 9.30 Å². The van der Waals surface area contributed by atoms with Gasteiger partial charge in [-0.05, 0) is 31.0 Å². The number of hydrogen-bond donors (Lipinski definition) is 1. The number of aromatic nitrogens is 1. The van der Waals surface area contributed by atoms with Crippen LogP contribution in [0, 0.1) is 13.8 Å². The molecule has 0 saturated heterocycles. The number of nitrogens with one attached hydrogen (secondary N) is 1. The van der Waals surface area contributed by atoms with E-state index >= 15 is 0 Å². The van der Waals surface area contributed by atoms with Gasteiger partial charge in [0, 0.05) is 29.7 Å². The number of fused-ring (bicyclic) bond motifs is 1. The number of nitrogens with zero attached hydrogens (tertiary/aromatic N) is 2. The standard InChI is InChI=1S/C20H21N3O2/c1-14-7-6-8-15(2)20(14)25-13-19(24)22-21-11-16-12-23(3)18-10-5-4-9-17(16)18/h4-12H,13H2,1-3H3,(H,22,24)/b21-11-. The van der Waals surface area contributed by atoms with E-state index in [1.807, 2.05) is 74.1 Å². The second-order valence-corrected chi connectivity index (χ2v) is 6.02. The Bertz CT molecular complexity index is 921. The molecule has 0 aliphatic heterocycles. The van der Waals surface area contributed by atoms with Crippen molar-refractivity contribution in [1.29, 1.82) is 0 Å². The zero-order chi connectivity index (χ0) is 17.8. The number of rotatable bonds is 5. The third-order valence-electron chi connectivity index (χ3n) is 4.08. The van der Waals surface area contributed by atoms with Crippen LogP contribution in [0.15, 0.2) is 53.8 Å². The van der Waals surface area contributed by atoms with Gasteiger partial charge in [-0.2, -0.15) is 5.10 Å². The Morgan fingerprint density at radius 2 is 1.88 bits per heavy atom. The van der Waals surface area contributed by atoms with Gasteiger partial charge in [0.05, 0.1) is 6.21 Å². The van der Waals surface area contributed by atoms with Crippen LogP contribution in [0.4, 0.5) is 0 Å². The maximum atomic E-state index is 11.9. The minimum atomic E-state index is -0.292. The van der Waals surface area contributed by atoms with Gasteiger partial charge in [-0.15, -0.1) is 0 Å². The molecule has 3 aromatic rings. The Morgan fingerprint density at radius 3 is 2.64 bits per heavy atom. The molecule has 25 heavy (non-hydrogen) atoms. The number of hydrogen-bond acceptors (Lipinski definition) is 3. The minimum absolute atomic E-state index is 0.0709. The number of amides is 1. The van der Waals surface area contributed by atoms with Crippen molar-refractivity contribution in [2.75, 3.05) is 6.61 Å². The summed E-state index contributed by atoms with van der Waals surface area (Å²) in [6, 6.07) is 13.9. The van der Waals surface area contributed by atoms with E-state index in [9.17, 15) is 4.79 Å². The topological polar surface area (TPSA) is 55.6 Å². The van der Waals surface area contributed by atoms with E-state index in [4.69, 9.17) is 4.74 Å². The van der Waals surface area contributed by atoms with Crippen LogP contribution >= 0.6 is 0 Å². The Labute approximate surface area is 146 Å². The number of benzene rings is 2. The van der Waals surface area contributed by atoms with Gasteiger partial charge in [-0.25, -0.2) is 5.43 Å². The predicted molar refractivity (Wildman–Crippen MR) is 100 cm³/mol. The largest absolute Gasteiger partial charge is 0.483 e. The third-order valence-corrected chi connectivity index (χ3v) is 4.08. The Balaban J connectivity index is 1.61.